The van der Waals surface area contributed by atoms with Crippen LogP contribution in [0.4, 0.5) is 17.5 Å². The number of carbonyl (C=O) groups excluding carboxylic acids is 1. The van der Waals surface area contributed by atoms with Crippen LogP contribution in [-0.4, -0.2) is 72.4 Å². The monoisotopic (exact) mass is 428 g/mol. The number of aromatic nitrogens is 7. The Morgan fingerprint density at radius 1 is 0.906 bits per heavy atom. The van der Waals surface area contributed by atoms with Crippen LogP contribution < -0.4 is 10.2 Å². The van der Waals surface area contributed by atoms with Crippen molar-refractivity contribution in [1.82, 2.24) is 40.3 Å². The van der Waals surface area contributed by atoms with Crippen molar-refractivity contribution in [3.63, 3.8) is 0 Å². The summed E-state index contributed by atoms with van der Waals surface area (Å²) < 4.78 is 1.53. The van der Waals surface area contributed by atoms with Gasteiger partial charge in [0.05, 0.1) is 5.69 Å². The minimum atomic E-state index is -0.0134. The summed E-state index contributed by atoms with van der Waals surface area (Å²) in [7, 11) is 0. The summed E-state index contributed by atoms with van der Waals surface area (Å²) in [6, 6.07) is 16.7. The quantitative estimate of drug-likeness (QED) is 0.505. The topological polar surface area (TPSA) is 118 Å². The summed E-state index contributed by atoms with van der Waals surface area (Å²) in [5, 5.41) is 22.8. The average molecular weight is 428 g/mol. The highest BCUT2D eigenvalue weighted by Gasteiger charge is 2.23. The van der Waals surface area contributed by atoms with Gasteiger partial charge in [-0.15, -0.1) is 15.3 Å². The Kier molecular flexibility index (Phi) is 5.35. The van der Waals surface area contributed by atoms with Gasteiger partial charge in [0.25, 0.3) is 5.91 Å². The molecule has 0 atom stereocenters. The van der Waals surface area contributed by atoms with Crippen molar-refractivity contribution < 1.29 is 4.79 Å². The van der Waals surface area contributed by atoms with Gasteiger partial charge in [0.2, 0.25) is 0 Å². The number of nitrogens with zero attached hydrogens (tertiary/aromatic N) is 9. The summed E-state index contributed by atoms with van der Waals surface area (Å²) in [5.41, 5.74) is 1.35. The normalized spacial score (nSPS) is 13.8. The van der Waals surface area contributed by atoms with Gasteiger partial charge in [-0.05, 0) is 52.9 Å². The van der Waals surface area contributed by atoms with E-state index < -0.39 is 0 Å². The van der Waals surface area contributed by atoms with Gasteiger partial charge >= 0.3 is 0 Å². The predicted molar refractivity (Wildman–Crippen MR) is 117 cm³/mol. The number of carbonyl (C=O) groups is 1. The van der Waals surface area contributed by atoms with E-state index in [1.54, 1.807) is 18.3 Å². The fourth-order valence-corrected chi connectivity index (χ4v) is 3.51. The van der Waals surface area contributed by atoms with Crippen molar-refractivity contribution in [2.75, 3.05) is 36.4 Å². The molecule has 4 heterocycles. The molecule has 0 radical (unpaired) electrons. The number of tetrazole rings is 1. The fraction of sp³-hybridized carbons (Fsp3) is 0.190. The zero-order chi connectivity index (χ0) is 21.8. The molecule has 1 aromatic carbocycles. The average Bonchev–Trinajstić information content (AvgIpc) is 3.40. The molecule has 1 aliphatic rings. The van der Waals surface area contributed by atoms with Crippen LogP contribution in [0.25, 0.3) is 5.69 Å². The molecule has 0 bridgehead atoms. The SMILES string of the molecule is O=C(c1cccc(-n2cnnn2)c1)N1CCN(c2ccc(Nc3ccccn3)nn2)CC1. The molecular weight excluding hydrogens is 408 g/mol. The molecule has 1 fully saturated rings. The lowest BCUT2D eigenvalue weighted by atomic mass is 10.1. The van der Waals surface area contributed by atoms with Crippen molar-refractivity contribution >= 4 is 23.4 Å². The Hall–Kier alpha value is -4.41. The van der Waals surface area contributed by atoms with Crippen molar-refractivity contribution in [1.29, 1.82) is 0 Å². The van der Waals surface area contributed by atoms with Crippen LogP contribution in [0.5, 0.6) is 0 Å². The molecule has 0 aliphatic carbocycles. The molecule has 5 rings (SSSR count). The summed E-state index contributed by atoms with van der Waals surface area (Å²) in [4.78, 5) is 21.2. The lowest BCUT2D eigenvalue weighted by Gasteiger charge is -2.35. The van der Waals surface area contributed by atoms with E-state index in [0.717, 1.165) is 11.5 Å². The van der Waals surface area contributed by atoms with Crippen LogP contribution in [0.15, 0.2) is 67.1 Å². The van der Waals surface area contributed by atoms with E-state index in [9.17, 15) is 4.79 Å². The summed E-state index contributed by atoms with van der Waals surface area (Å²) in [6.07, 6.45) is 3.22. The number of piperazine rings is 1. The molecule has 0 saturated carbocycles. The molecule has 11 nitrogen and oxygen atoms in total. The lowest BCUT2D eigenvalue weighted by Crippen LogP contribution is -2.49. The third kappa shape index (κ3) is 4.21. The maximum atomic E-state index is 13.0. The van der Waals surface area contributed by atoms with Gasteiger partial charge < -0.3 is 15.1 Å². The zero-order valence-electron chi connectivity index (χ0n) is 17.1. The van der Waals surface area contributed by atoms with Gasteiger partial charge in [-0.25, -0.2) is 9.67 Å². The smallest absolute Gasteiger partial charge is 0.254 e. The van der Waals surface area contributed by atoms with Crippen molar-refractivity contribution in [2.45, 2.75) is 0 Å². The van der Waals surface area contributed by atoms with Gasteiger partial charge in [-0.2, -0.15) is 0 Å². The molecule has 1 amide bonds. The Labute approximate surface area is 183 Å². The number of hydrogen-bond acceptors (Lipinski definition) is 9. The van der Waals surface area contributed by atoms with Gasteiger partial charge in [-0.3, -0.25) is 4.79 Å². The minimum absolute atomic E-state index is 0.0134. The maximum absolute atomic E-state index is 13.0. The van der Waals surface area contributed by atoms with Crippen molar-refractivity contribution in [2.24, 2.45) is 0 Å². The highest BCUT2D eigenvalue weighted by Crippen LogP contribution is 2.18. The molecule has 3 aromatic heterocycles. The van der Waals surface area contributed by atoms with Gasteiger partial charge in [0.1, 0.15) is 12.1 Å². The summed E-state index contributed by atoms with van der Waals surface area (Å²) >= 11 is 0. The standard InChI is InChI=1S/C21H20N10O/c32-21(16-4-3-5-17(14-16)31-15-23-27-28-31)30-12-10-29(11-13-30)20-8-7-19(25-26-20)24-18-6-1-2-9-22-18/h1-9,14-15H,10-13H2,(H,22,24,25). The van der Waals surface area contributed by atoms with Crippen LogP contribution >= 0.6 is 0 Å². The molecule has 1 saturated heterocycles. The molecule has 0 spiro atoms. The third-order valence-corrected chi connectivity index (χ3v) is 5.17. The second-order valence-electron chi connectivity index (χ2n) is 7.20. The Balaban J connectivity index is 1.20. The Morgan fingerprint density at radius 2 is 1.81 bits per heavy atom. The molecule has 160 valence electrons. The predicted octanol–water partition coefficient (Wildman–Crippen LogP) is 1.55. The van der Waals surface area contributed by atoms with Crippen LogP contribution in [0.3, 0.4) is 0 Å². The van der Waals surface area contributed by atoms with E-state index in [2.05, 4.69) is 40.9 Å². The van der Waals surface area contributed by atoms with Crippen LogP contribution in [0.1, 0.15) is 10.4 Å². The first-order valence-corrected chi connectivity index (χ1v) is 10.2. The number of amides is 1. The van der Waals surface area contributed by atoms with E-state index in [4.69, 9.17) is 0 Å². The molecule has 1 aliphatic heterocycles. The minimum Gasteiger partial charge on any atom is -0.352 e. The van der Waals surface area contributed by atoms with Gasteiger partial charge in [0, 0.05) is 37.9 Å². The number of pyridine rings is 1. The molecular formula is C21H20N10O. The molecule has 1 N–H and O–H groups in total. The highest BCUT2D eigenvalue weighted by molar-refractivity contribution is 5.95. The second-order valence-corrected chi connectivity index (χ2v) is 7.20. The van der Waals surface area contributed by atoms with Crippen molar-refractivity contribution in [3.05, 3.63) is 72.7 Å². The number of benzene rings is 1. The Bertz CT molecular complexity index is 1170. The first-order valence-electron chi connectivity index (χ1n) is 10.2. The van der Waals surface area contributed by atoms with E-state index in [1.807, 2.05) is 47.4 Å². The molecule has 0 unspecified atom stereocenters. The highest BCUT2D eigenvalue weighted by atomic mass is 16.2. The number of anilines is 3. The summed E-state index contributed by atoms with van der Waals surface area (Å²) in [6.45, 7) is 2.56. The van der Waals surface area contributed by atoms with E-state index >= 15 is 0 Å². The number of rotatable bonds is 5. The second kappa shape index (κ2) is 8.76. The first kappa shape index (κ1) is 19.5. The summed E-state index contributed by atoms with van der Waals surface area (Å²) in [5.74, 6) is 2.11. The number of nitrogens with one attached hydrogen (secondary N) is 1. The fourth-order valence-electron chi connectivity index (χ4n) is 3.51. The van der Waals surface area contributed by atoms with Gasteiger partial charge in [-0.1, -0.05) is 12.1 Å². The van der Waals surface area contributed by atoms with Crippen LogP contribution in [0.2, 0.25) is 0 Å². The Morgan fingerprint density at radius 3 is 2.53 bits per heavy atom. The van der Waals surface area contributed by atoms with Gasteiger partial charge in [0.15, 0.2) is 11.6 Å². The van der Waals surface area contributed by atoms with Crippen LogP contribution in [0, 0.1) is 0 Å². The first-order chi connectivity index (χ1) is 15.8. The molecule has 32 heavy (non-hydrogen) atoms. The maximum Gasteiger partial charge on any atom is 0.254 e. The lowest BCUT2D eigenvalue weighted by molar-refractivity contribution is 0.0746. The van der Waals surface area contributed by atoms with E-state index in [1.165, 1.54) is 11.0 Å². The van der Waals surface area contributed by atoms with E-state index in [-0.39, 0.29) is 5.91 Å². The molecule has 4 aromatic rings. The molecule has 11 heteroatoms. The van der Waals surface area contributed by atoms with E-state index in [0.29, 0.717) is 43.4 Å². The number of hydrogen-bond donors (Lipinski definition) is 1. The van der Waals surface area contributed by atoms with Crippen LogP contribution in [-0.2, 0) is 0 Å². The zero-order valence-corrected chi connectivity index (χ0v) is 17.1. The van der Waals surface area contributed by atoms with Crippen molar-refractivity contribution in [3.8, 4) is 5.69 Å². The largest absolute Gasteiger partial charge is 0.352 e. The third-order valence-electron chi connectivity index (χ3n) is 5.17.